The Morgan fingerprint density at radius 3 is 3.24 bits per heavy atom. The quantitative estimate of drug-likeness (QED) is 0.784. The molecule has 5 heteroatoms. The predicted octanol–water partition coefficient (Wildman–Crippen LogP) is 0.526. The van der Waals surface area contributed by atoms with E-state index in [0.29, 0.717) is 19.0 Å². The van der Waals surface area contributed by atoms with E-state index in [1.165, 1.54) is 12.8 Å². The SMILES string of the molecule is OC(CNCc1cc2n(n1)CCCO2)C1CC1. The molecule has 0 aromatic carbocycles. The minimum atomic E-state index is -0.191. The van der Waals surface area contributed by atoms with Crippen molar-refractivity contribution in [1.29, 1.82) is 0 Å². The second-order valence-electron chi connectivity index (χ2n) is 4.93. The van der Waals surface area contributed by atoms with Crippen molar-refractivity contribution >= 4 is 0 Å². The summed E-state index contributed by atoms with van der Waals surface area (Å²) in [7, 11) is 0. The van der Waals surface area contributed by atoms with Gasteiger partial charge < -0.3 is 15.2 Å². The lowest BCUT2D eigenvalue weighted by Gasteiger charge is -2.13. The van der Waals surface area contributed by atoms with Gasteiger partial charge in [-0.1, -0.05) is 0 Å². The Balaban J connectivity index is 1.49. The Morgan fingerprint density at radius 2 is 2.47 bits per heavy atom. The van der Waals surface area contributed by atoms with Crippen LogP contribution in [0.15, 0.2) is 6.07 Å². The molecule has 94 valence electrons. The Kier molecular flexibility index (Phi) is 3.03. The van der Waals surface area contributed by atoms with Gasteiger partial charge in [0.2, 0.25) is 5.88 Å². The van der Waals surface area contributed by atoms with Crippen molar-refractivity contribution in [2.45, 2.75) is 38.5 Å². The maximum atomic E-state index is 9.72. The summed E-state index contributed by atoms with van der Waals surface area (Å²) in [5, 5.41) is 17.4. The predicted molar refractivity (Wildman–Crippen MR) is 62.8 cm³/mol. The molecular formula is C12H19N3O2. The largest absolute Gasteiger partial charge is 0.478 e. The molecule has 0 bridgehead atoms. The molecule has 1 aliphatic heterocycles. The highest BCUT2D eigenvalue weighted by atomic mass is 16.5. The summed E-state index contributed by atoms with van der Waals surface area (Å²) in [6.07, 6.45) is 3.19. The van der Waals surface area contributed by atoms with Crippen LogP contribution in [0.3, 0.4) is 0 Å². The first-order valence-corrected chi connectivity index (χ1v) is 6.41. The van der Waals surface area contributed by atoms with E-state index in [2.05, 4.69) is 10.4 Å². The lowest BCUT2D eigenvalue weighted by Crippen LogP contribution is -2.28. The molecule has 1 saturated carbocycles. The van der Waals surface area contributed by atoms with Crippen LogP contribution in [0.4, 0.5) is 0 Å². The van der Waals surface area contributed by atoms with Gasteiger partial charge in [-0.05, 0) is 18.8 Å². The van der Waals surface area contributed by atoms with Gasteiger partial charge in [0.1, 0.15) is 0 Å². The first-order chi connectivity index (χ1) is 8.33. The summed E-state index contributed by atoms with van der Waals surface area (Å²) < 4.78 is 7.42. The molecule has 2 aliphatic rings. The van der Waals surface area contributed by atoms with Crippen LogP contribution in [-0.2, 0) is 13.1 Å². The molecule has 2 heterocycles. The third-order valence-electron chi connectivity index (χ3n) is 3.38. The maximum Gasteiger partial charge on any atom is 0.212 e. The fourth-order valence-corrected chi connectivity index (χ4v) is 2.20. The number of fused-ring (bicyclic) bond motifs is 1. The van der Waals surface area contributed by atoms with Gasteiger partial charge in [0.05, 0.1) is 18.4 Å². The molecule has 1 aromatic rings. The zero-order chi connectivity index (χ0) is 11.7. The van der Waals surface area contributed by atoms with Crippen LogP contribution in [-0.4, -0.2) is 34.1 Å². The van der Waals surface area contributed by atoms with E-state index in [0.717, 1.165) is 31.1 Å². The highest BCUT2D eigenvalue weighted by Gasteiger charge is 2.29. The lowest BCUT2D eigenvalue weighted by atomic mass is 10.2. The molecule has 1 unspecified atom stereocenters. The number of aromatic nitrogens is 2. The van der Waals surface area contributed by atoms with Crippen LogP contribution >= 0.6 is 0 Å². The number of nitrogens with zero attached hydrogens (tertiary/aromatic N) is 2. The standard InChI is InChI=1S/C12H19N3O2/c16-11(9-2-3-9)8-13-7-10-6-12-15(14-10)4-1-5-17-12/h6,9,11,13,16H,1-5,7-8H2. The van der Waals surface area contributed by atoms with Crippen molar-refractivity contribution in [3.8, 4) is 5.88 Å². The zero-order valence-corrected chi connectivity index (χ0v) is 9.93. The van der Waals surface area contributed by atoms with E-state index in [9.17, 15) is 5.11 Å². The monoisotopic (exact) mass is 237 g/mol. The first-order valence-electron chi connectivity index (χ1n) is 6.41. The number of hydrogen-bond donors (Lipinski definition) is 2. The Morgan fingerprint density at radius 1 is 1.59 bits per heavy atom. The van der Waals surface area contributed by atoms with Gasteiger partial charge >= 0.3 is 0 Å². The van der Waals surface area contributed by atoms with Crippen molar-refractivity contribution in [3.63, 3.8) is 0 Å². The highest BCUT2D eigenvalue weighted by molar-refractivity contribution is 5.17. The fourth-order valence-electron chi connectivity index (χ4n) is 2.20. The summed E-state index contributed by atoms with van der Waals surface area (Å²) in [4.78, 5) is 0. The van der Waals surface area contributed by atoms with Crippen LogP contribution in [0.1, 0.15) is 25.0 Å². The molecule has 17 heavy (non-hydrogen) atoms. The average molecular weight is 237 g/mol. The smallest absolute Gasteiger partial charge is 0.212 e. The molecular weight excluding hydrogens is 218 g/mol. The van der Waals surface area contributed by atoms with Crippen LogP contribution < -0.4 is 10.1 Å². The van der Waals surface area contributed by atoms with Crippen LogP contribution in [0.25, 0.3) is 0 Å². The number of nitrogens with one attached hydrogen (secondary N) is 1. The number of rotatable bonds is 5. The van der Waals surface area contributed by atoms with Crippen LogP contribution in [0, 0.1) is 5.92 Å². The first kappa shape index (κ1) is 11.0. The Labute approximate surface area is 101 Å². The molecule has 0 amide bonds. The van der Waals surface area contributed by atoms with Crippen molar-refractivity contribution in [2.75, 3.05) is 13.2 Å². The number of aliphatic hydroxyl groups is 1. The molecule has 1 atom stereocenters. The van der Waals surface area contributed by atoms with E-state index < -0.39 is 0 Å². The van der Waals surface area contributed by atoms with Crippen molar-refractivity contribution in [3.05, 3.63) is 11.8 Å². The van der Waals surface area contributed by atoms with Crippen LogP contribution in [0.2, 0.25) is 0 Å². The topological polar surface area (TPSA) is 59.3 Å². The molecule has 3 rings (SSSR count). The molecule has 0 radical (unpaired) electrons. The molecule has 1 fully saturated rings. The van der Waals surface area contributed by atoms with E-state index in [4.69, 9.17) is 4.74 Å². The minimum Gasteiger partial charge on any atom is -0.478 e. The van der Waals surface area contributed by atoms with Gasteiger partial charge in [0.25, 0.3) is 0 Å². The molecule has 0 spiro atoms. The summed E-state index contributed by atoms with van der Waals surface area (Å²) in [6.45, 7) is 3.10. The van der Waals surface area contributed by atoms with E-state index in [1.54, 1.807) is 0 Å². The molecule has 0 saturated heterocycles. The summed E-state index contributed by atoms with van der Waals surface area (Å²) in [6, 6.07) is 1.98. The van der Waals surface area contributed by atoms with Crippen molar-refractivity contribution in [1.82, 2.24) is 15.1 Å². The normalized spacial score (nSPS) is 20.8. The summed E-state index contributed by atoms with van der Waals surface area (Å²) in [5.74, 6) is 1.40. The van der Waals surface area contributed by atoms with Gasteiger partial charge in [0.15, 0.2) is 0 Å². The molecule has 1 aromatic heterocycles. The van der Waals surface area contributed by atoms with Crippen molar-refractivity contribution < 1.29 is 9.84 Å². The van der Waals surface area contributed by atoms with E-state index >= 15 is 0 Å². The molecule has 1 aliphatic carbocycles. The van der Waals surface area contributed by atoms with Gasteiger partial charge in [-0.3, -0.25) is 0 Å². The van der Waals surface area contributed by atoms with Gasteiger partial charge in [-0.2, -0.15) is 5.10 Å². The van der Waals surface area contributed by atoms with Gasteiger partial charge in [0, 0.05) is 32.1 Å². The lowest BCUT2D eigenvalue weighted by molar-refractivity contribution is 0.148. The number of hydrogen-bond acceptors (Lipinski definition) is 4. The maximum absolute atomic E-state index is 9.72. The van der Waals surface area contributed by atoms with E-state index in [1.807, 2.05) is 10.7 Å². The van der Waals surface area contributed by atoms with Gasteiger partial charge in [-0.25, -0.2) is 4.68 Å². The second-order valence-corrected chi connectivity index (χ2v) is 4.93. The van der Waals surface area contributed by atoms with Crippen LogP contribution in [0.5, 0.6) is 5.88 Å². The highest BCUT2D eigenvalue weighted by Crippen LogP contribution is 2.32. The number of ether oxygens (including phenoxy) is 1. The molecule has 5 nitrogen and oxygen atoms in total. The summed E-state index contributed by atoms with van der Waals surface area (Å²) in [5.41, 5.74) is 0.991. The number of aryl methyl sites for hydroxylation is 1. The van der Waals surface area contributed by atoms with Crippen molar-refractivity contribution in [2.24, 2.45) is 5.92 Å². The third-order valence-corrected chi connectivity index (χ3v) is 3.38. The average Bonchev–Trinajstić information content (AvgIpc) is 3.09. The Hall–Kier alpha value is -1.07. The Bertz CT molecular complexity index is 364. The fraction of sp³-hybridized carbons (Fsp3) is 0.750. The summed E-state index contributed by atoms with van der Waals surface area (Å²) >= 11 is 0. The second kappa shape index (κ2) is 4.66. The minimum absolute atomic E-state index is 0.191. The van der Waals surface area contributed by atoms with E-state index in [-0.39, 0.29) is 6.10 Å². The zero-order valence-electron chi connectivity index (χ0n) is 9.93. The molecule has 2 N–H and O–H groups in total. The number of aliphatic hydroxyl groups excluding tert-OH is 1. The van der Waals surface area contributed by atoms with Gasteiger partial charge in [-0.15, -0.1) is 0 Å². The third kappa shape index (κ3) is 2.61.